The maximum absolute atomic E-state index is 13.7. The topological polar surface area (TPSA) is 156 Å². The SMILES string of the molecule is O=C1/C(=C/C=C2\OC3CCC(C4CCCCC4)CC3N2CCCS(=O)(=O)[O-])CC/C1=C\C=C1/OC2CCC(C3CCCCC3)CC2N1CCCS(=O)(=O)[O-]. The van der Waals surface area contributed by atoms with Gasteiger partial charge in [0.05, 0.1) is 32.3 Å². The van der Waals surface area contributed by atoms with Crippen LogP contribution in [0.4, 0.5) is 0 Å². The molecule has 5 aliphatic carbocycles. The van der Waals surface area contributed by atoms with Gasteiger partial charge in [-0.25, -0.2) is 16.8 Å². The Morgan fingerprint density at radius 2 is 0.963 bits per heavy atom. The molecule has 7 fully saturated rings. The highest BCUT2D eigenvalue weighted by Gasteiger charge is 2.46. The lowest BCUT2D eigenvalue weighted by Crippen LogP contribution is -2.42. The summed E-state index contributed by atoms with van der Waals surface area (Å²) < 4.78 is 81.7. The second-order valence-corrected chi connectivity index (χ2v) is 20.3. The molecule has 0 aromatic rings. The average molecular weight is 789 g/mol. The molecule has 54 heavy (non-hydrogen) atoms. The van der Waals surface area contributed by atoms with Crippen LogP contribution < -0.4 is 0 Å². The van der Waals surface area contributed by atoms with Crippen LogP contribution in [-0.4, -0.2) is 90.4 Å². The molecule has 302 valence electrons. The second-order valence-electron chi connectivity index (χ2n) is 17.2. The van der Waals surface area contributed by atoms with Crippen molar-refractivity contribution in [3.63, 3.8) is 0 Å². The molecule has 5 saturated carbocycles. The highest BCUT2D eigenvalue weighted by atomic mass is 32.2. The summed E-state index contributed by atoms with van der Waals surface area (Å²) in [5.74, 6) is 3.16. The van der Waals surface area contributed by atoms with Crippen molar-refractivity contribution in [1.29, 1.82) is 0 Å². The molecule has 2 saturated heterocycles. The van der Waals surface area contributed by atoms with Gasteiger partial charge in [-0.15, -0.1) is 0 Å². The molecule has 0 radical (unpaired) electrons. The van der Waals surface area contributed by atoms with Crippen molar-refractivity contribution in [2.45, 2.75) is 153 Å². The average Bonchev–Trinajstić information content (AvgIpc) is 3.81. The minimum absolute atomic E-state index is 0.0180. The molecular weight excluding hydrogens is 729 g/mol. The normalized spacial score (nSPS) is 34.5. The number of hydrogen-bond acceptors (Lipinski definition) is 11. The van der Waals surface area contributed by atoms with E-state index < -0.39 is 31.7 Å². The van der Waals surface area contributed by atoms with Gasteiger partial charge in [-0.05, 0) is 112 Å². The third-order valence-corrected chi connectivity index (χ3v) is 15.4. The number of ketones is 1. The molecule has 0 N–H and O–H groups in total. The Labute approximate surface area is 323 Å². The zero-order valence-electron chi connectivity index (χ0n) is 31.8. The largest absolute Gasteiger partial charge is 0.748 e. The molecule has 11 nitrogen and oxygen atoms in total. The minimum atomic E-state index is -4.32. The van der Waals surface area contributed by atoms with Crippen molar-refractivity contribution in [3.8, 4) is 0 Å². The van der Waals surface area contributed by atoms with E-state index >= 15 is 0 Å². The van der Waals surface area contributed by atoms with Crippen LogP contribution in [0.15, 0.2) is 47.2 Å². The molecule has 6 atom stereocenters. The second kappa shape index (κ2) is 17.4. The van der Waals surface area contributed by atoms with Gasteiger partial charge in [0.1, 0.15) is 12.2 Å². The summed E-state index contributed by atoms with van der Waals surface area (Å²) in [4.78, 5) is 18.0. The van der Waals surface area contributed by atoms with Gasteiger partial charge < -0.3 is 28.4 Å². The van der Waals surface area contributed by atoms with Gasteiger partial charge in [-0.2, -0.15) is 0 Å². The van der Waals surface area contributed by atoms with E-state index in [1.54, 1.807) is 0 Å². The summed E-state index contributed by atoms with van der Waals surface area (Å²) in [5, 5.41) is 0. The molecule has 2 heterocycles. The molecule has 6 unspecified atom stereocenters. The number of carbonyl (C=O) groups excluding carboxylic acids is 1. The molecule has 7 rings (SSSR count). The molecule has 7 aliphatic rings. The van der Waals surface area contributed by atoms with Crippen LogP contribution in [0.5, 0.6) is 0 Å². The van der Waals surface area contributed by atoms with E-state index in [4.69, 9.17) is 9.47 Å². The molecule has 0 spiro atoms. The molecular formula is C41H60N2O9S2-2. The Hall–Kier alpha value is -2.35. The van der Waals surface area contributed by atoms with Crippen molar-refractivity contribution in [1.82, 2.24) is 9.80 Å². The molecule has 0 amide bonds. The number of carbonyl (C=O) groups is 1. The Morgan fingerprint density at radius 1 is 0.556 bits per heavy atom. The lowest BCUT2D eigenvalue weighted by atomic mass is 9.71. The van der Waals surface area contributed by atoms with Gasteiger partial charge in [0, 0.05) is 35.7 Å². The van der Waals surface area contributed by atoms with Crippen LogP contribution in [0, 0.1) is 23.7 Å². The first-order valence-electron chi connectivity index (χ1n) is 21.0. The minimum Gasteiger partial charge on any atom is -0.748 e. The van der Waals surface area contributed by atoms with Crippen LogP contribution in [0.1, 0.15) is 128 Å². The van der Waals surface area contributed by atoms with Crippen LogP contribution in [0.25, 0.3) is 0 Å². The molecule has 13 heteroatoms. The van der Waals surface area contributed by atoms with Crippen molar-refractivity contribution in [3.05, 3.63) is 47.2 Å². The van der Waals surface area contributed by atoms with Gasteiger partial charge in [0.15, 0.2) is 17.5 Å². The Balaban J connectivity index is 1.05. The zero-order valence-corrected chi connectivity index (χ0v) is 33.4. The fourth-order valence-corrected chi connectivity index (χ4v) is 12.0. The van der Waals surface area contributed by atoms with Crippen LogP contribution in [-0.2, 0) is 34.5 Å². The first-order chi connectivity index (χ1) is 25.9. The summed E-state index contributed by atoms with van der Waals surface area (Å²) in [6, 6.07) is 0.270. The first kappa shape index (κ1) is 39.9. The fourth-order valence-electron chi connectivity index (χ4n) is 11.1. The van der Waals surface area contributed by atoms with Gasteiger partial charge in [-0.3, -0.25) is 4.79 Å². The Kier molecular flexibility index (Phi) is 12.9. The fraction of sp³-hybridized carbons (Fsp3) is 0.780. The van der Waals surface area contributed by atoms with Crippen molar-refractivity contribution >= 4 is 26.0 Å². The first-order valence-corrected chi connectivity index (χ1v) is 24.2. The number of ether oxygens (including phenoxy) is 2. The van der Waals surface area contributed by atoms with Crippen LogP contribution >= 0.6 is 0 Å². The van der Waals surface area contributed by atoms with E-state index in [0.717, 1.165) is 50.4 Å². The smallest absolute Gasteiger partial charge is 0.189 e. The number of nitrogens with zero attached hydrogens (tertiary/aromatic N) is 2. The summed E-state index contributed by atoms with van der Waals surface area (Å²) >= 11 is 0. The van der Waals surface area contributed by atoms with Crippen molar-refractivity contribution in [2.75, 3.05) is 24.6 Å². The predicted molar refractivity (Wildman–Crippen MR) is 204 cm³/mol. The molecule has 0 bridgehead atoms. The van der Waals surface area contributed by atoms with E-state index in [-0.39, 0.29) is 42.9 Å². The monoisotopic (exact) mass is 788 g/mol. The van der Waals surface area contributed by atoms with E-state index in [9.17, 15) is 30.7 Å². The summed E-state index contributed by atoms with van der Waals surface area (Å²) in [5.41, 5.74) is 1.36. The number of hydrogen-bond donors (Lipinski definition) is 0. The van der Waals surface area contributed by atoms with E-state index in [2.05, 4.69) is 9.80 Å². The van der Waals surface area contributed by atoms with Crippen molar-refractivity contribution < 1.29 is 40.2 Å². The van der Waals surface area contributed by atoms with Gasteiger partial charge in [0.25, 0.3) is 0 Å². The van der Waals surface area contributed by atoms with Crippen molar-refractivity contribution in [2.24, 2.45) is 23.7 Å². The number of fused-ring (bicyclic) bond motifs is 2. The van der Waals surface area contributed by atoms with Gasteiger partial charge in [-0.1, -0.05) is 64.2 Å². The highest BCUT2D eigenvalue weighted by molar-refractivity contribution is 7.85. The summed E-state index contributed by atoms with van der Waals surface area (Å²) in [6.07, 6.45) is 28.2. The third-order valence-electron chi connectivity index (χ3n) is 13.8. The predicted octanol–water partition coefficient (Wildman–Crippen LogP) is 6.66. The number of rotatable bonds is 12. The van der Waals surface area contributed by atoms with Gasteiger partial charge in [0.2, 0.25) is 0 Å². The Bertz CT molecular complexity index is 1570. The van der Waals surface area contributed by atoms with Crippen LogP contribution in [0.3, 0.4) is 0 Å². The quantitative estimate of drug-likeness (QED) is 0.154. The molecule has 0 aromatic carbocycles. The van der Waals surface area contributed by atoms with E-state index in [1.165, 1.54) is 64.2 Å². The van der Waals surface area contributed by atoms with E-state index in [1.807, 2.05) is 24.3 Å². The van der Waals surface area contributed by atoms with Gasteiger partial charge >= 0.3 is 0 Å². The molecule has 2 aliphatic heterocycles. The third kappa shape index (κ3) is 9.95. The van der Waals surface area contributed by atoms with Crippen LogP contribution in [0.2, 0.25) is 0 Å². The molecule has 0 aromatic heterocycles. The number of allylic oxidation sites excluding steroid dienone is 6. The maximum atomic E-state index is 13.7. The summed E-state index contributed by atoms with van der Waals surface area (Å²) in [7, 11) is -8.64. The standard InChI is InChI=1S/C41H62N2O9S2/c44-41-31(17-21-39-42(23-7-25-53(45,46)47)35-27-33(15-19-37(35)51-39)29-9-3-1-4-10-29)13-14-32(41)18-22-40-43(24-8-26-54(48,49)50)36-28-34(16-20-38(36)52-40)30-11-5-2-6-12-30/h17-18,21-22,29-30,33-38H,1-16,19-20,23-28H2,(H,45,46,47)(H,48,49,50)/p-2/b31-17+,32-18+,39-21-,40-22-. The highest BCUT2D eigenvalue weighted by Crippen LogP contribution is 2.46. The lowest BCUT2D eigenvalue weighted by Gasteiger charge is -2.39. The lowest BCUT2D eigenvalue weighted by molar-refractivity contribution is -0.111. The van der Waals surface area contributed by atoms with E-state index in [0.29, 0.717) is 60.7 Å². The maximum Gasteiger partial charge on any atom is 0.189 e. The Morgan fingerprint density at radius 3 is 1.35 bits per heavy atom. The number of Topliss-reactive ketones (excluding diaryl/α,β-unsaturated/α-hetero) is 1. The summed E-state index contributed by atoms with van der Waals surface area (Å²) in [6.45, 7) is 0.838. The zero-order chi connectivity index (χ0) is 37.9.